The maximum atomic E-state index is 12.4. The highest BCUT2D eigenvalue weighted by molar-refractivity contribution is 6.56. The van der Waals surface area contributed by atoms with Crippen molar-refractivity contribution in [2.75, 3.05) is 4.90 Å². The van der Waals surface area contributed by atoms with E-state index < -0.39 is 11.8 Å². The van der Waals surface area contributed by atoms with E-state index in [0.717, 1.165) is 4.90 Å². The van der Waals surface area contributed by atoms with Crippen LogP contribution in [0.15, 0.2) is 18.5 Å². The fourth-order valence-electron chi connectivity index (χ4n) is 1.94. The summed E-state index contributed by atoms with van der Waals surface area (Å²) in [6.45, 7) is 0. The molecule has 1 aliphatic rings. The van der Waals surface area contributed by atoms with Gasteiger partial charge in [0.1, 0.15) is 0 Å². The minimum Gasteiger partial charge on any atom is -0.268 e. The molecule has 1 aromatic carbocycles. The van der Waals surface area contributed by atoms with Crippen molar-refractivity contribution in [2.24, 2.45) is 0 Å². The Kier molecular flexibility index (Phi) is 3.53. The first kappa shape index (κ1) is 14.5. The van der Waals surface area contributed by atoms with Crippen molar-refractivity contribution in [3.8, 4) is 0 Å². The largest absolute Gasteiger partial charge is 0.270 e. The zero-order valence-corrected chi connectivity index (χ0v) is 12.9. The van der Waals surface area contributed by atoms with Crippen LogP contribution in [0.2, 0.25) is 20.1 Å². The normalized spacial score (nSPS) is 13.8. The highest BCUT2D eigenvalue weighted by Crippen LogP contribution is 2.45. The highest BCUT2D eigenvalue weighted by Gasteiger charge is 2.43. The molecule has 1 aliphatic heterocycles. The fourth-order valence-corrected chi connectivity index (χ4v) is 2.95. The van der Waals surface area contributed by atoms with Crippen LogP contribution in [0.1, 0.15) is 20.7 Å². The third-order valence-electron chi connectivity index (χ3n) is 2.85. The first-order chi connectivity index (χ1) is 9.95. The maximum Gasteiger partial charge on any atom is 0.270 e. The smallest absolute Gasteiger partial charge is 0.268 e. The quantitative estimate of drug-likeness (QED) is 0.438. The van der Waals surface area contributed by atoms with Crippen LogP contribution in [0.25, 0.3) is 0 Å². The van der Waals surface area contributed by atoms with Crippen molar-refractivity contribution in [2.45, 2.75) is 0 Å². The molecule has 2 amide bonds. The van der Waals surface area contributed by atoms with E-state index >= 15 is 0 Å². The number of carbonyl (C=O) groups excluding carboxylic acids is 2. The molecular weight excluding hydrogens is 360 g/mol. The molecule has 1 aromatic heterocycles. The van der Waals surface area contributed by atoms with E-state index in [9.17, 15) is 9.59 Å². The number of anilines is 1. The number of rotatable bonds is 1. The van der Waals surface area contributed by atoms with Gasteiger partial charge in [0, 0.05) is 12.4 Å². The molecule has 0 bridgehead atoms. The van der Waals surface area contributed by atoms with E-state index in [4.69, 9.17) is 46.4 Å². The van der Waals surface area contributed by atoms with Crippen molar-refractivity contribution in [3.05, 3.63) is 49.7 Å². The summed E-state index contributed by atoms with van der Waals surface area (Å²) in [6, 6.07) is 1.55. The Balaban J connectivity index is 2.27. The fraction of sp³-hybridized carbons (Fsp3) is 0. The van der Waals surface area contributed by atoms with Crippen molar-refractivity contribution >= 4 is 64.2 Å². The molecule has 0 saturated heterocycles. The first-order valence-corrected chi connectivity index (χ1v) is 6.98. The topological polar surface area (TPSA) is 63.2 Å². The molecule has 3 rings (SSSR count). The van der Waals surface area contributed by atoms with Crippen LogP contribution in [0.3, 0.4) is 0 Å². The Morgan fingerprint density at radius 1 is 0.762 bits per heavy atom. The molecule has 0 radical (unpaired) electrons. The van der Waals surface area contributed by atoms with Gasteiger partial charge >= 0.3 is 0 Å². The van der Waals surface area contributed by atoms with Crippen LogP contribution >= 0.6 is 46.4 Å². The number of imide groups is 1. The minimum absolute atomic E-state index is 0.0805. The SMILES string of the molecule is O=C1c2c(Cl)c(Cl)c(Cl)c(Cl)c2C(=O)N1c1ncccn1. The summed E-state index contributed by atoms with van der Waals surface area (Å²) in [5.74, 6) is -1.48. The van der Waals surface area contributed by atoms with Crippen molar-refractivity contribution in [1.82, 2.24) is 9.97 Å². The lowest BCUT2D eigenvalue weighted by Gasteiger charge is -2.10. The van der Waals surface area contributed by atoms with E-state index in [1.165, 1.54) is 12.4 Å². The van der Waals surface area contributed by atoms with Crippen LogP contribution in [0.4, 0.5) is 5.95 Å². The third-order valence-corrected chi connectivity index (χ3v) is 4.66. The Hall–Kier alpha value is -1.40. The molecule has 2 aromatic rings. The van der Waals surface area contributed by atoms with Gasteiger partial charge in [0.15, 0.2) is 0 Å². The Morgan fingerprint density at radius 2 is 1.19 bits per heavy atom. The Labute approximate surface area is 138 Å². The van der Waals surface area contributed by atoms with E-state index in [2.05, 4.69) is 9.97 Å². The predicted molar refractivity (Wildman–Crippen MR) is 79.7 cm³/mol. The second kappa shape index (κ2) is 5.10. The summed E-state index contributed by atoms with van der Waals surface area (Å²) in [7, 11) is 0. The number of carbonyl (C=O) groups is 2. The molecule has 0 N–H and O–H groups in total. The van der Waals surface area contributed by atoms with E-state index in [-0.39, 0.29) is 37.2 Å². The number of amides is 2. The number of benzene rings is 1. The number of hydrogen-bond acceptors (Lipinski definition) is 4. The van der Waals surface area contributed by atoms with Gasteiger partial charge in [-0.15, -0.1) is 0 Å². The average molecular weight is 363 g/mol. The zero-order chi connectivity index (χ0) is 15.3. The van der Waals surface area contributed by atoms with Crippen LogP contribution in [-0.2, 0) is 0 Å². The molecule has 0 saturated carbocycles. The molecule has 106 valence electrons. The van der Waals surface area contributed by atoms with Gasteiger partial charge < -0.3 is 0 Å². The van der Waals surface area contributed by atoms with Crippen LogP contribution < -0.4 is 4.90 Å². The summed E-state index contributed by atoms with van der Waals surface area (Å²) >= 11 is 23.8. The molecule has 5 nitrogen and oxygen atoms in total. The molecule has 0 atom stereocenters. The number of hydrogen-bond donors (Lipinski definition) is 0. The van der Waals surface area contributed by atoms with Gasteiger partial charge in [0.2, 0.25) is 5.95 Å². The molecular formula is C12H3Cl4N3O2. The number of aromatic nitrogens is 2. The second-order valence-corrected chi connectivity index (χ2v) is 5.51. The van der Waals surface area contributed by atoms with Gasteiger partial charge in [-0.3, -0.25) is 9.59 Å². The number of fused-ring (bicyclic) bond motifs is 1. The summed E-state index contributed by atoms with van der Waals surface area (Å²) in [6.07, 6.45) is 2.80. The Bertz CT molecular complexity index is 748. The zero-order valence-electron chi connectivity index (χ0n) is 9.90. The number of nitrogens with zero attached hydrogens (tertiary/aromatic N) is 3. The van der Waals surface area contributed by atoms with Gasteiger partial charge in [-0.1, -0.05) is 46.4 Å². The molecule has 0 fully saturated rings. The summed E-state index contributed by atoms with van der Waals surface area (Å²) in [5.41, 5.74) is -0.206. The Morgan fingerprint density at radius 3 is 1.62 bits per heavy atom. The lowest BCUT2D eigenvalue weighted by molar-refractivity contribution is 0.0924. The number of halogens is 4. The monoisotopic (exact) mass is 361 g/mol. The summed E-state index contributed by atoms with van der Waals surface area (Å²) in [5, 5.41) is -0.422. The van der Waals surface area contributed by atoms with E-state index in [1.807, 2.05) is 0 Å². The van der Waals surface area contributed by atoms with E-state index in [1.54, 1.807) is 6.07 Å². The highest BCUT2D eigenvalue weighted by atomic mass is 35.5. The van der Waals surface area contributed by atoms with Crippen molar-refractivity contribution in [1.29, 1.82) is 0 Å². The first-order valence-electron chi connectivity index (χ1n) is 5.47. The van der Waals surface area contributed by atoms with Gasteiger partial charge in [0.05, 0.1) is 31.2 Å². The summed E-state index contributed by atoms with van der Waals surface area (Å²) in [4.78, 5) is 33.4. The molecule has 9 heteroatoms. The van der Waals surface area contributed by atoms with Crippen LogP contribution in [-0.4, -0.2) is 21.8 Å². The van der Waals surface area contributed by atoms with E-state index in [0.29, 0.717) is 0 Å². The minimum atomic E-state index is -0.702. The van der Waals surface area contributed by atoms with Crippen LogP contribution in [0, 0.1) is 0 Å². The maximum absolute atomic E-state index is 12.4. The average Bonchev–Trinajstić information content (AvgIpc) is 2.75. The van der Waals surface area contributed by atoms with Crippen molar-refractivity contribution < 1.29 is 9.59 Å². The molecule has 0 unspecified atom stereocenters. The second-order valence-electron chi connectivity index (χ2n) is 4.00. The standard InChI is InChI=1S/C12H3Cl4N3O2/c13-6-4-5(7(14)9(16)8(6)15)11(21)19(10(4)20)12-17-2-1-3-18-12/h1-3H. The summed E-state index contributed by atoms with van der Waals surface area (Å²) < 4.78 is 0. The van der Waals surface area contributed by atoms with Gasteiger partial charge in [-0.2, -0.15) is 0 Å². The predicted octanol–water partition coefficient (Wildman–Crippen LogP) is 3.89. The lowest BCUT2D eigenvalue weighted by atomic mass is 10.1. The third kappa shape index (κ3) is 2.00. The van der Waals surface area contributed by atoms with Crippen LogP contribution in [0.5, 0.6) is 0 Å². The van der Waals surface area contributed by atoms with Gasteiger partial charge in [-0.25, -0.2) is 14.9 Å². The van der Waals surface area contributed by atoms with Gasteiger partial charge in [-0.05, 0) is 6.07 Å². The molecule has 2 heterocycles. The molecule has 0 spiro atoms. The molecule has 21 heavy (non-hydrogen) atoms. The molecule has 0 aliphatic carbocycles. The lowest BCUT2D eigenvalue weighted by Crippen LogP contribution is -2.31. The van der Waals surface area contributed by atoms with Gasteiger partial charge in [0.25, 0.3) is 11.8 Å². The van der Waals surface area contributed by atoms with Crippen molar-refractivity contribution in [3.63, 3.8) is 0 Å².